The Balaban J connectivity index is 1.65. The highest BCUT2D eigenvalue weighted by Crippen LogP contribution is 2.33. The zero-order valence-corrected chi connectivity index (χ0v) is 19.8. The number of amides is 1. The van der Waals surface area contributed by atoms with Crippen LogP contribution in [-0.4, -0.2) is 57.8 Å². The molecule has 33 heavy (non-hydrogen) atoms. The van der Waals surface area contributed by atoms with Gasteiger partial charge in [-0.15, -0.1) is 0 Å². The van der Waals surface area contributed by atoms with Crippen LogP contribution in [0.3, 0.4) is 0 Å². The highest BCUT2D eigenvalue weighted by molar-refractivity contribution is 6.00. The molecule has 1 aliphatic rings. The van der Waals surface area contributed by atoms with E-state index in [1.807, 2.05) is 17.9 Å². The van der Waals surface area contributed by atoms with Crippen LogP contribution in [0.1, 0.15) is 28.4 Å². The van der Waals surface area contributed by atoms with Gasteiger partial charge in [0.15, 0.2) is 5.82 Å². The number of nitrogens with zero attached hydrogens (tertiary/aromatic N) is 4. The molecule has 2 aromatic heterocycles. The van der Waals surface area contributed by atoms with Gasteiger partial charge in [-0.1, -0.05) is 18.2 Å². The molecule has 3 heterocycles. The zero-order chi connectivity index (χ0) is 23.3. The second-order valence-corrected chi connectivity index (χ2v) is 9.16. The molecule has 0 radical (unpaired) electrons. The van der Waals surface area contributed by atoms with Gasteiger partial charge in [-0.3, -0.25) is 4.79 Å². The minimum atomic E-state index is -0.0434. The molecule has 2 aromatic carbocycles. The first-order valence-electron chi connectivity index (χ1n) is 11.5. The van der Waals surface area contributed by atoms with E-state index in [4.69, 9.17) is 15.5 Å². The second-order valence-electron chi connectivity index (χ2n) is 9.16. The minimum Gasteiger partial charge on any atom is -0.383 e. The molecule has 0 bridgehead atoms. The van der Waals surface area contributed by atoms with Gasteiger partial charge >= 0.3 is 0 Å². The van der Waals surface area contributed by atoms with Gasteiger partial charge in [0.2, 0.25) is 0 Å². The van der Waals surface area contributed by atoms with Crippen molar-refractivity contribution in [2.24, 2.45) is 12.8 Å². The number of carbonyl (C=O) groups is 1. The van der Waals surface area contributed by atoms with Crippen LogP contribution in [0.4, 0.5) is 0 Å². The van der Waals surface area contributed by atoms with Crippen molar-refractivity contribution in [1.82, 2.24) is 19.0 Å². The number of para-hydroxylation sites is 1. The van der Waals surface area contributed by atoms with Crippen LogP contribution in [-0.2, 0) is 24.8 Å². The van der Waals surface area contributed by atoms with Crippen LogP contribution in [0.2, 0.25) is 0 Å². The van der Waals surface area contributed by atoms with Crippen LogP contribution in [0.5, 0.6) is 0 Å². The lowest BCUT2D eigenvalue weighted by Crippen LogP contribution is -2.43. The van der Waals surface area contributed by atoms with Gasteiger partial charge in [-0.2, -0.15) is 0 Å². The number of ether oxygens (including phenoxy) is 1. The molecule has 0 unspecified atom stereocenters. The molecule has 0 saturated heterocycles. The summed E-state index contributed by atoms with van der Waals surface area (Å²) in [6.45, 7) is 6.70. The highest BCUT2D eigenvalue weighted by atomic mass is 16.5. The lowest BCUT2D eigenvalue weighted by Gasteiger charge is -2.29. The van der Waals surface area contributed by atoms with Crippen molar-refractivity contribution in [3.63, 3.8) is 0 Å². The fraction of sp³-hybridized carbons (Fsp3) is 0.385. The van der Waals surface area contributed by atoms with E-state index in [1.165, 1.54) is 16.5 Å². The molecule has 1 atom stereocenters. The predicted octanol–water partition coefficient (Wildman–Crippen LogP) is 3.50. The van der Waals surface area contributed by atoms with Gasteiger partial charge in [0.05, 0.1) is 28.9 Å². The van der Waals surface area contributed by atoms with Crippen molar-refractivity contribution in [3.05, 3.63) is 53.1 Å². The first kappa shape index (κ1) is 21.7. The molecule has 0 saturated carbocycles. The SMILES string of the molecule is COCCn1c(-c2nc3cc4c(cc3n2C)CCN(C[C@@H](C)N)C4=O)cc2cccc(C)c21. The van der Waals surface area contributed by atoms with Crippen molar-refractivity contribution in [2.45, 2.75) is 32.9 Å². The largest absolute Gasteiger partial charge is 0.383 e. The van der Waals surface area contributed by atoms with E-state index < -0.39 is 0 Å². The molecule has 5 rings (SSSR count). The minimum absolute atomic E-state index is 0.0434. The average molecular weight is 446 g/mol. The molecule has 2 N–H and O–H groups in total. The number of nitrogens with two attached hydrogens (primary N) is 1. The molecule has 1 aliphatic heterocycles. The maximum atomic E-state index is 13.1. The molecular weight excluding hydrogens is 414 g/mol. The topological polar surface area (TPSA) is 78.3 Å². The van der Waals surface area contributed by atoms with Crippen molar-refractivity contribution in [3.8, 4) is 11.5 Å². The van der Waals surface area contributed by atoms with E-state index in [0.717, 1.165) is 46.6 Å². The molecule has 1 amide bonds. The number of imidazole rings is 1. The number of hydrogen-bond acceptors (Lipinski definition) is 4. The Morgan fingerprint density at radius 3 is 2.82 bits per heavy atom. The summed E-state index contributed by atoms with van der Waals surface area (Å²) in [5.41, 5.74) is 13.1. The summed E-state index contributed by atoms with van der Waals surface area (Å²) in [6.07, 6.45) is 0.831. The number of methoxy groups -OCH3 is 1. The average Bonchev–Trinajstić information content (AvgIpc) is 3.31. The third-order valence-corrected chi connectivity index (χ3v) is 6.65. The number of hydrogen-bond donors (Lipinski definition) is 1. The summed E-state index contributed by atoms with van der Waals surface area (Å²) in [4.78, 5) is 20.0. The lowest BCUT2D eigenvalue weighted by atomic mass is 9.97. The Bertz CT molecular complexity index is 1360. The van der Waals surface area contributed by atoms with Crippen molar-refractivity contribution >= 4 is 27.8 Å². The van der Waals surface area contributed by atoms with Crippen molar-refractivity contribution < 1.29 is 9.53 Å². The number of benzene rings is 2. The quantitative estimate of drug-likeness (QED) is 0.493. The first-order valence-corrected chi connectivity index (χ1v) is 11.5. The maximum Gasteiger partial charge on any atom is 0.254 e. The number of fused-ring (bicyclic) bond motifs is 3. The van der Waals surface area contributed by atoms with Gasteiger partial charge in [0, 0.05) is 50.8 Å². The van der Waals surface area contributed by atoms with Gasteiger partial charge in [0.1, 0.15) is 0 Å². The van der Waals surface area contributed by atoms with Crippen LogP contribution >= 0.6 is 0 Å². The van der Waals surface area contributed by atoms with Crippen LogP contribution in [0.15, 0.2) is 36.4 Å². The van der Waals surface area contributed by atoms with Crippen molar-refractivity contribution in [1.29, 1.82) is 0 Å². The molecule has 172 valence electrons. The Hall–Kier alpha value is -3.16. The fourth-order valence-electron chi connectivity index (χ4n) is 5.08. The van der Waals surface area contributed by atoms with Gasteiger partial charge in [-0.05, 0) is 49.6 Å². The van der Waals surface area contributed by atoms with Gasteiger partial charge in [0.25, 0.3) is 5.91 Å². The molecule has 7 heteroatoms. The zero-order valence-electron chi connectivity index (χ0n) is 19.8. The van der Waals surface area contributed by atoms with E-state index in [-0.39, 0.29) is 11.9 Å². The van der Waals surface area contributed by atoms with E-state index in [9.17, 15) is 4.79 Å². The predicted molar refractivity (Wildman–Crippen MR) is 132 cm³/mol. The normalized spacial score (nSPS) is 14.9. The summed E-state index contributed by atoms with van der Waals surface area (Å²) < 4.78 is 9.84. The van der Waals surface area contributed by atoms with E-state index >= 15 is 0 Å². The van der Waals surface area contributed by atoms with Crippen LogP contribution in [0, 0.1) is 6.92 Å². The van der Waals surface area contributed by atoms with Crippen LogP contribution in [0.25, 0.3) is 33.5 Å². The standard InChI is InChI=1S/C26H31N5O2/c1-16-6-5-7-19-13-23(31(24(16)19)10-11-33-4)25-28-21-14-20-18(12-22(21)29(25)3)8-9-30(26(20)32)15-17(2)27/h5-7,12-14,17H,8-11,15,27H2,1-4H3/t17-/m1/s1. The van der Waals surface area contributed by atoms with E-state index in [1.54, 1.807) is 7.11 Å². The Morgan fingerprint density at radius 2 is 2.06 bits per heavy atom. The van der Waals surface area contributed by atoms with Gasteiger partial charge in [-0.25, -0.2) is 4.98 Å². The summed E-state index contributed by atoms with van der Waals surface area (Å²) >= 11 is 0. The van der Waals surface area contributed by atoms with E-state index in [2.05, 4.69) is 53.4 Å². The summed E-state index contributed by atoms with van der Waals surface area (Å²) in [5.74, 6) is 0.937. The second kappa shape index (κ2) is 8.32. The molecule has 0 spiro atoms. The first-order chi connectivity index (χ1) is 15.9. The number of rotatable bonds is 6. The fourth-order valence-corrected chi connectivity index (χ4v) is 5.08. The summed E-state index contributed by atoms with van der Waals surface area (Å²) in [6, 6.07) is 12.6. The monoisotopic (exact) mass is 445 g/mol. The highest BCUT2D eigenvalue weighted by Gasteiger charge is 2.27. The molecule has 7 nitrogen and oxygen atoms in total. The third-order valence-electron chi connectivity index (χ3n) is 6.65. The summed E-state index contributed by atoms with van der Waals surface area (Å²) in [7, 11) is 3.78. The molecular formula is C26H31N5O2. The van der Waals surface area contributed by atoms with E-state index in [0.29, 0.717) is 19.7 Å². The summed E-state index contributed by atoms with van der Waals surface area (Å²) in [5, 5.41) is 1.19. The third kappa shape index (κ3) is 3.61. The number of carbonyl (C=O) groups excluding carboxylic acids is 1. The Kier molecular flexibility index (Phi) is 5.46. The smallest absolute Gasteiger partial charge is 0.254 e. The number of aryl methyl sites for hydroxylation is 2. The molecule has 4 aromatic rings. The molecule has 0 aliphatic carbocycles. The molecule has 0 fully saturated rings. The van der Waals surface area contributed by atoms with Crippen molar-refractivity contribution in [2.75, 3.05) is 26.8 Å². The van der Waals surface area contributed by atoms with Gasteiger partial charge < -0.3 is 24.5 Å². The number of aromatic nitrogens is 3. The lowest BCUT2D eigenvalue weighted by molar-refractivity contribution is 0.0732. The Morgan fingerprint density at radius 1 is 1.24 bits per heavy atom. The van der Waals surface area contributed by atoms with Crippen LogP contribution < -0.4 is 5.73 Å². The Labute approximate surface area is 193 Å². The maximum absolute atomic E-state index is 13.1.